The van der Waals surface area contributed by atoms with E-state index in [2.05, 4.69) is 5.32 Å². The average molecular weight is 450 g/mol. The van der Waals surface area contributed by atoms with Crippen molar-refractivity contribution in [2.75, 3.05) is 17.3 Å². The standard InChI is InChI=1S/C22H17FN2O2S.C3H7N/c1-28-17-7-9-20-15(10-17)12-21(27-20)22(26)25-19-11-14(4-8-18(19)24)13-2-5-16(23)6-3-13;4-3-1-2-3/h2-12H,24H2,1H3,(H,25,26);3H,1-2,4H2. The number of thioether (sulfide) groups is 1. The Morgan fingerprint density at radius 3 is 2.38 bits per heavy atom. The Hall–Kier alpha value is -3.29. The van der Waals surface area contributed by atoms with E-state index in [1.165, 1.54) is 25.0 Å². The van der Waals surface area contributed by atoms with Crippen molar-refractivity contribution in [2.45, 2.75) is 23.8 Å². The number of fused-ring (bicyclic) bond motifs is 1. The molecule has 32 heavy (non-hydrogen) atoms. The van der Waals surface area contributed by atoms with Gasteiger partial charge in [-0.3, -0.25) is 4.79 Å². The molecule has 1 amide bonds. The Morgan fingerprint density at radius 2 is 1.72 bits per heavy atom. The fourth-order valence-corrected chi connectivity index (χ4v) is 3.48. The van der Waals surface area contributed by atoms with Gasteiger partial charge in [-0.1, -0.05) is 18.2 Å². The van der Waals surface area contributed by atoms with Gasteiger partial charge in [-0.15, -0.1) is 11.8 Å². The van der Waals surface area contributed by atoms with Crippen LogP contribution in [0.5, 0.6) is 0 Å². The van der Waals surface area contributed by atoms with Gasteiger partial charge in [0.15, 0.2) is 5.76 Å². The monoisotopic (exact) mass is 449 g/mol. The molecule has 0 unspecified atom stereocenters. The molecular weight excluding hydrogens is 425 g/mol. The maximum absolute atomic E-state index is 13.2. The summed E-state index contributed by atoms with van der Waals surface area (Å²) in [5.41, 5.74) is 14.4. The SMILES string of the molecule is CSc1ccc2oc(C(=O)Nc3cc(-c4ccc(F)cc4)ccc3N)cc2c1.NC1CC1. The second-order valence-corrected chi connectivity index (χ2v) is 8.49. The second kappa shape index (κ2) is 9.46. The van der Waals surface area contributed by atoms with Crippen molar-refractivity contribution in [3.05, 3.63) is 78.3 Å². The van der Waals surface area contributed by atoms with Gasteiger partial charge in [-0.2, -0.15) is 0 Å². The normalized spacial score (nSPS) is 12.8. The third-order valence-corrected chi connectivity index (χ3v) is 5.77. The Bertz CT molecular complexity index is 1250. The van der Waals surface area contributed by atoms with E-state index in [-0.39, 0.29) is 17.5 Å². The average Bonchev–Trinajstić information content (AvgIpc) is 3.46. The Balaban J connectivity index is 0.000000552. The highest BCUT2D eigenvalue weighted by atomic mass is 32.2. The molecule has 1 aliphatic carbocycles. The first-order valence-corrected chi connectivity index (χ1v) is 11.5. The molecule has 5 nitrogen and oxygen atoms in total. The highest BCUT2D eigenvalue weighted by Gasteiger charge is 2.15. The number of carbonyl (C=O) groups is 1. The highest BCUT2D eigenvalue weighted by Crippen LogP contribution is 2.29. The lowest BCUT2D eigenvalue weighted by Crippen LogP contribution is -2.12. The van der Waals surface area contributed by atoms with Crippen LogP contribution in [0.2, 0.25) is 0 Å². The molecule has 0 radical (unpaired) electrons. The number of rotatable bonds is 4. The molecule has 4 aromatic rings. The van der Waals surface area contributed by atoms with Gasteiger partial charge in [0.05, 0.1) is 11.4 Å². The van der Waals surface area contributed by atoms with Gasteiger partial charge < -0.3 is 21.2 Å². The van der Waals surface area contributed by atoms with Crippen LogP contribution in [0, 0.1) is 5.82 Å². The van der Waals surface area contributed by atoms with Crippen molar-refractivity contribution < 1.29 is 13.6 Å². The third-order valence-electron chi connectivity index (χ3n) is 5.05. The number of anilines is 2. The molecule has 3 aromatic carbocycles. The first kappa shape index (κ1) is 21.9. The lowest BCUT2D eigenvalue weighted by molar-refractivity contribution is 0.0999. The van der Waals surface area contributed by atoms with Crippen molar-refractivity contribution in [1.82, 2.24) is 0 Å². The Labute approximate surface area is 190 Å². The van der Waals surface area contributed by atoms with Crippen LogP contribution in [-0.2, 0) is 0 Å². The zero-order valence-corrected chi connectivity index (χ0v) is 18.4. The minimum Gasteiger partial charge on any atom is -0.451 e. The molecule has 1 heterocycles. The lowest BCUT2D eigenvalue weighted by Gasteiger charge is -2.10. The van der Waals surface area contributed by atoms with E-state index in [1.807, 2.05) is 30.5 Å². The van der Waals surface area contributed by atoms with Crippen LogP contribution in [-0.4, -0.2) is 18.2 Å². The predicted molar refractivity (Wildman–Crippen MR) is 129 cm³/mol. The highest BCUT2D eigenvalue weighted by molar-refractivity contribution is 7.98. The lowest BCUT2D eigenvalue weighted by atomic mass is 10.0. The number of furan rings is 1. The zero-order valence-electron chi connectivity index (χ0n) is 17.6. The molecule has 164 valence electrons. The summed E-state index contributed by atoms with van der Waals surface area (Å²) < 4.78 is 18.8. The number of hydrogen-bond acceptors (Lipinski definition) is 5. The molecule has 5 rings (SSSR count). The fourth-order valence-electron chi connectivity index (χ4n) is 3.03. The molecule has 1 saturated carbocycles. The zero-order chi connectivity index (χ0) is 22.7. The van der Waals surface area contributed by atoms with E-state index in [0.29, 0.717) is 23.0 Å². The number of carbonyl (C=O) groups excluding carboxylic acids is 1. The van der Waals surface area contributed by atoms with Crippen LogP contribution in [0.25, 0.3) is 22.1 Å². The van der Waals surface area contributed by atoms with Crippen molar-refractivity contribution in [3.8, 4) is 11.1 Å². The first-order chi connectivity index (χ1) is 15.4. The summed E-state index contributed by atoms with van der Waals surface area (Å²) in [7, 11) is 0. The molecule has 0 spiro atoms. The quantitative estimate of drug-likeness (QED) is 0.266. The van der Waals surface area contributed by atoms with E-state index < -0.39 is 0 Å². The maximum atomic E-state index is 13.2. The molecule has 5 N–H and O–H groups in total. The molecule has 0 saturated heterocycles. The van der Waals surface area contributed by atoms with E-state index in [4.69, 9.17) is 15.9 Å². The summed E-state index contributed by atoms with van der Waals surface area (Å²) in [6.45, 7) is 0. The van der Waals surface area contributed by atoms with Crippen LogP contribution in [0.15, 0.2) is 76.0 Å². The molecule has 1 aliphatic rings. The molecule has 7 heteroatoms. The minimum absolute atomic E-state index is 0.208. The Kier molecular flexibility index (Phi) is 6.48. The largest absolute Gasteiger partial charge is 0.451 e. The summed E-state index contributed by atoms with van der Waals surface area (Å²) >= 11 is 1.62. The van der Waals surface area contributed by atoms with Crippen LogP contribution in [0.1, 0.15) is 23.4 Å². The minimum atomic E-state index is -0.384. The number of nitrogen functional groups attached to an aromatic ring is 1. The van der Waals surface area contributed by atoms with Gasteiger partial charge in [0.25, 0.3) is 5.91 Å². The summed E-state index contributed by atoms with van der Waals surface area (Å²) in [6, 6.07) is 19.5. The Morgan fingerprint density at radius 1 is 1.03 bits per heavy atom. The number of benzene rings is 3. The van der Waals surface area contributed by atoms with Gasteiger partial charge in [0.2, 0.25) is 0 Å². The number of amides is 1. The molecule has 0 atom stereocenters. The number of nitrogens with one attached hydrogen (secondary N) is 1. The van der Waals surface area contributed by atoms with E-state index >= 15 is 0 Å². The van der Waals surface area contributed by atoms with E-state index in [0.717, 1.165) is 21.4 Å². The van der Waals surface area contributed by atoms with Crippen LogP contribution >= 0.6 is 11.8 Å². The molecule has 0 bridgehead atoms. The number of halogens is 1. The van der Waals surface area contributed by atoms with Crippen molar-refractivity contribution in [2.24, 2.45) is 5.73 Å². The van der Waals surface area contributed by atoms with Gasteiger partial charge in [-0.25, -0.2) is 4.39 Å². The van der Waals surface area contributed by atoms with E-state index in [9.17, 15) is 9.18 Å². The second-order valence-electron chi connectivity index (χ2n) is 7.61. The summed E-state index contributed by atoms with van der Waals surface area (Å²) in [5, 5.41) is 3.67. The van der Waals surface area contributed by atoms with Crippen molar-refractivity contribution >= 4 is 40.0 Å². The van der Waals surface area contributed by atoms with Gasteiger partial charge in [-0.05, 0) is 78.8 Å². The van der Waals surface area contributed by atoms with Crippen molar-refractivity contribution in [3.63, 3.8) is 0 Å². The van der Waals surface area contributed by atoms with Crippen LogP contribution < -0.4 is 16.8 Å². The van der Waals surface area contributed by atoms with Gasteiger partial charge in [0, 0.05) is 16.3 Å². The molecule has 1 fully saturated rings. The number of hydrogen-bond donors (Lipinski definition) is 3. The maximum Gasteiger partial charge on any atom is 0.291 e. The molecular formula is C25H24FN3O2S. The van der Waals surface area contributed by atoms with Gasteiger partial charge in [0.1, 0.15) is 11.4 Å². The molecule has 0 aliphatic heterocycles. The summed E-state index contributed by atoms with van der Waals surface area (Å²) in [5.74, 6) is -0.480. The van der Waals surface area contributed by atoms with E-state index in [1.54, 1.807) is 42.1 Å². The topological polar surface area (TPSA) is 94.3 Å². The number of nitrogens with two attached hydrogens (primary N) is 2. The smallest absolute Gasteiger partial charge is 0.291 e. The van der Waals surface area contributed by atoms with Crippen molar-refractivity contribution in [1.29, 1.82) is 0 Å². The fraction of sp³-hybridized carbons (Fsp3) is 0.160. The first-order valence-electron chi connectivity index (χ1n) is 10.2. The third kappa shape index (κ3) is 5.30. The molecule has 1 aromatic heterocycles. The summed E-state index contributed by atoms with van der Waals surface area (Å²) in [4.78, 5) is 13.8. The summed E-state index contributed by atoms with van der Waals surface area (Å²) in [6.07, 6.45) is 4.52. The van der Waals surface area contributed by atoms with Crippen LogP contribution in [0.4, 0.5) is 15.8 Å². The van der Waals surface area contributed by atoms with Gasteiger partial charge >= 0.3 is 0 Å². The predicted octanol–water partition coefficient (Wildman–Crippen LogP) is 5.90. The van der Waals surface area contributed by atoms with Crippen LogP contribution in [0.3, 0.4) is 0 Å².